The van der Waals surface area contributed by atoms with Gasteiger partial charge >= 0.3 is 0 Å². The Hall–Kier alpha value is -1.73. The largest absolute Gasteiger partial charge is 0.366 e. The number of aryl methyl sites for hydroxylation is 2. The first-order valence-electron chi connectivity index (χ1n) is 7.51. The normalized spacial score (nSPS) is 18.6. The lowest BCUT2D eigenvalue weighted by molar-refractivity contribution is -0.138. The van der Waals surface area contributed by atoms with Crippen LogP contribution in [-0.2, 0) is 22.4 Å². The van der Waals surface area contributed by atoms with Gasteiger partial charge in [-0.05, 0) is 19.1 Å². The number of H-pyrrole nitrogens is 1. The zero-order chi connectivity index (χ0) is 15.5. The van der Waals surface area contributed by atoms with Crippen LogP contribution in [0.15, 0.2) is 12.1 Å². The Kier molecular flexibility index (Phi) is 4.54. The Bertz CT molecular complexity index is 652. The van der Waals surface area contributed by atoms with Gasteiger partial charge in [-0.25, -0.2) is 4.98 Å². The molecule has 7 heteroatoms. The van der Waals surface area contributed by atoms with Crippen LogP contribution in [0.25, 0.3) is 0 Å². The maximum absolute atomic E-state index is 12.4. The van der Waals surface area contributed by atoms with E-state index >= 15 is 0 Å². The van der Waals surface area contributed by atoms with Gasteiger partial charge in [0.1, 0.15) is 11.9 Å². The van der Waals surface area contributed by atoms with E-state index in [4.69, 9.17) is 4.74 Å². The molecule has 2 aromatic rings. The number of nitrogens with one attached hydrogen (secondary N) is 1. The molecule has 1 aliphatic rings. The van der Waals surface area contributed by atoms with Gasteiger partial charge in [-0.3, -0.25) is 9.89 Å². The van der Waals surface area contributed by atoms with E-state index in [2.05, 4.69) is 28.2 Å². The molecule has 1 aliphatic heterocycles. The summed E-state index contributed by atoms with van der Waals surface area (Å²) in [5.74, 6) is 1.62. The second-order valence-corrected chi connectivity index (χ2v) is 6.75. The fourth-order valence-electron chi connectivity index (χ4n) is 2.49. The molecule has 118 valence electrons. The summed E-state index contributed by atoms with van der Waals surface area (Å²) in [6.45, 7) is 5.74. The predicted molar refractivity (Wildman–Crippen MR) is 83.8 cm³/mol. The molecule has 0 spiro atoms. The summed E-state index contributed by atoms with van der Waals surface area (Å²) in [5.41, 5.74) is 0. The Morgan fingerprint density at radius 3 is 3.09 bits per heavy atom. The van der Waals surface area contributed by atoms with E-state index in [9.17, 15) is 4.79 Å². The average molecular weight is 320 g/mol. The summed E-state index contributed by atoms with van der Waals surface area (Å²) in [6, 6.07) is 4.08. The van der Waals surface area contributed by atoms with Crippen LogP contribution < -0.4 is 0 Å². The monoisotopic (exact) mass is 320 g/mol. The number of rotatable bonds is 4. The van der Waals surface area contributed by atoms with E-state index in [-0.39, 0.29) is 12.0 Å². The van der Waals surface area contributed by atoms with Crippen molar-refractivity contribution < 1.29 is 9.53 Å². The van der Waals surface area contributed by atoms with E-state index in [0.29, 0.717) is 31.9 Å². The molecular formula is C15H20N4O2S. The molecule has 0 aliphatic carbocycles. The van der Waals surface area contributed by atoms with E-state index in [1.807, 2.05) is 17.9 Å². The number of thiophene rings is 1. The second kappa shape index (κ2) is 6.58. The van der Waals surface area contributed by atoms with Crippen LogP contribution in [0.4, 0.5) is 0 Å². The fraction of sp³-hybridized carbons (Fsp3) is 0.533. The molecule has 6 nitrogen and oxygen atoms in total. The molecule has 0 aromatic carbocycles. The summed E-state index contributed by atoms with van der Waals surface area (Å²) in [4.78, 5) is 21.0. The van der Waals surface area contributed by atoms with Crippen molar-refractivity contribution in [3.05, 3.63) is 33.5 Å². The topological polar surface area (TPSA) is 71.1 Å². The minimum Gasteiger partial charge on any atom is -0.366 e. The number of hydrogen-bond donors (Lipinski definition) is 1. The number of carbonyl (C=O) groups excluding carboxylic acids is 1. The Labute approximate surface area is 133 Å². The lowest BCUT2D eigenvalue weighted by Crippen LogP contribution is -2.43. The third kappa shape index (κ3) is 3.36. The lowest BCUT2D eigenvalue weighted by atomic mass is 10.2. The van der Waals surface area contributed by atoms with Crippen LogP contribution in [0.3, 0.4) is 0 Å². The van der Waals surface area contributed by atoms with Gasteiger partial charge in [0, 0.05) is 22.7 Å². The molecule has 1 N–H and O–H groups in total. The molecule has 2 aromatic heterocycles. The molecular weight excluding hydrogens is 300 g/mol. The van der Waals surface area contributed by atoms with Crippen molar-refractivity contribution in [2.45, 2.75) is 32.8 Å². The van der Waals surface area contributed by atoms with E-state index in [1.54, 1.807) is 11.3 Å². The summed E-state index contributed by atoms with van der Waals surface area (Å²) < 4.78 is 5.72. The number of nitrogens with zero attached hydrogens (tertiary/aromatic N) is 3. The van der Waals surface area contributed by atoms with Crippen molar-refractivity contribution in [1.82, 2.24) is 20.1 Å². The highest BCUT2D eigenvalue weighted by atomic mass is 32.1. The quantitative estimate of drug-likeness (QED) is 0.934. The highest BCUT2D eigenvalue weighted by molar-refractivity contribution is 7.12. The molecule has 0 saturated carbocycles. The highest BCUT2D eigenvalue weighted by Gasteiger charge is 2.28. The van der Waals surface area contributed by atoms with Crippen molar-refractivity contribution in [2.75, 3.05) is 19.7 Å². The van der Waals surface area contributed by atoms with Crippen molar-refractivity contribution in [3.8, 4) is 0 Å². The van der Waals surface area contributed by atoms with Crippen LogP contribution in [0.1, 0.15) is 34.4 Å². The van der Waals surface area contributed by atoms with Gasteiger partial charge in [-0.1, -0.05) is 6.92 Å². The van der Waals surface area contributed by atoms with Crippen molar-refractivity contribution >= 4 is 17.2 Å². The number of morpholine rings is 1. The van der Waals surface area contributed by atoms with Gasteiger partial charge in [-0.15, -0.1) is 11.3 Å². The predicted octanol–water partition coefficient (Wildman–Crippen LogP) is 1.88. The molecule has 3 heterocycles. The first-order valence-corrected chi connectivity index (χ1v) is 8.33. The van der Waals surface area contributed by atoms with E-state index < -0.39 is 0 Å². The van der Waals surface area contributed by atoms with Crippen LogP contribution >= 0.6 is 11.3 Å². The molecule has 1 unspecified atom stereocenters. The molecule has 1 saturated heterocycles. The van der Waals surface area contributed by atoms with Gasteiger partial charge in [0.25, 0.3) is 0 Å². The van der Waals surface area contributed by atoms with Crippen molar-refractivity contribution in [1.29, 1.82) is 0 Å². The van der Waals surface area contributed by atoms with Gasteiger partial charge < -0.3 is 9.64 Å². The van der Waals surface area contributed by atoms with Crippen LogP contribution in [0, 0.1) is 6.92 Å². The molecule has 0 radical (unpaired) electrons. The molecule has 0 bridgehead atoms. The van der Waals surface area contributed by atoms with E-state index in [1.165, 1.54) is 4.88 Å². The van der Waals surface area contributed by atoms with Gasteiger partial charge in [0.05, 0.1) is 19.6 Å². The molecule has 22 heavy (non-hydrogen) atoms. The summed E-state index contributed by atoms with van der Waals surface area (Å²) >= 11 is 1.68. The van der Waals surface area contributed by atoms with Crippen molar-refractivity contribution in [2.24, 2.45) is 0 Å². The lowest BCUT2D eigenvalue weighted by Gasteiger charge is -2.31. The van der Waals surface area contributed by atoms with Gasteiger partial charge in [0.15, 0.2) is 5.82 Å². The number of ether oxygens (including phenoxy) is 1. The zero-order valence-electron chi connectivity index (χ0n) is 12.8. The SMILES string of the molecule is CCc1nc(C2CN(C(=O)Cc3ccc(C)s3)CCO2)n[nH]1. The van der Waals surface area contributed by atoms with Gasteiger partial charge in [0.2, 0.25) is 5.91 Å². The van der Waals surface area contributed by atoms with E-state index in [0.717, 1.165) is 17.1 Å². The fourth-order valence-corrected chi connectivity index (χ4v) is 3.37. The number of carbonyl (C=O) groups is 1. The highest BCUT2D eigenvalue weighted by Crippen LogP contribution is 2.21. The Balaban J connectivity index is 1.63. The van der Waals surface area contributed by atoms with Crippen LogP contribution in [-0.4, -0.2) is 45.7 Å². The number of amides is 1. The van der Waals surface area contributed by atoms with Crippen molar-refractivity contribution in [3.63, 3.8) is 0 Å². The molecule has 1 amide bonds. The maximum Gasteiger partial charge on any atom is 0.228 e. The van der Waals surface area contributed by atoms with Crippen LogP contribution in [0.5, 0.6) is 0 Å². The Morgan fingerprint density at radius 1 is 1.55 bits per heavy atom. The number of aromatic amines is 1. The third-order valence-corrected chi connectivity index (χ3v) is 4.71. The summed E-state index contributed by atoms with van der Waals surface area (Å²) in [6.07, 6.45) is 1.03. The first-order chi connectivity index (χ1) is 10.7. The number of aromatic nitrogens is 3. The molecule has 1 atom stereocenters. The minimum atomic E-state index is -0.237. The Morgan fingerprint density at radius 2 is 2.41 bits per heavy atom. The number of hydrogen-bond acceptors (Lipinski definition) is 5. The minimum absolute atomic E-state index is 0.140. The van der Waals surface area contributed by atoms with Gasteiger partial charge in [-0.2, -0.15) is 5.10 Å². The maximum atomic E-state index is 12.4. The smallest absolute Gasteiger partial charge is 0.228 e. The third-order valence-electron chi connectivity index (χ3n) is 3.71. The van der Waals surface area contributed by atoms with Crippen LogP contribution in [0.2, 0.25) is 0 Å². The summed E-state index contributed by atoms with van der Waals surface area (Å²) in [7, 11) is 0. The standard InChI is InChI=1S/C15H20N4O2S/c1-3-13-16-15(18-17-13)12-9-19(6-7-21-12)14(20)8-11-5-4-10(2)22-11/h4-5,12H,3,6-9H2,1-2H3,(H,16,17,18). The first kappa shape index (κ1) is 15.2. The molecule has 1 fully saturated rings. The average Bonchev–Trinajstić information content (AvgIpc) is 3.16. The second-order valence-electron chi connectivity index (χ2n) is 5.38. The molecule has 3 rings (SSSR count). The summed E-state index contributed by atoms with van der Waals surface area (Å²) in [5, 5.41) is 7.09. The zero-order valence-corrected chi connectivity index (χ0v) is 13.7.